The van der Waals surface area contributed by atoms with E-state index in [1.165, 1.54) is 5.56 Å². The molecule has 10 aromatic carbocycles. The summed E-state index contributed by atoms with van der Waals surface area (Å²) in [6.45, 7) is 6.61. The predicted octanol–water partition coefficient (Wildman–Crippen LogP) is 17.8. The third-order valence-electron chi connectivity index (χ3n) is 14.2. The van der Waals surface area contributed by atoms with E-state index >= 15 is 0 Å². The van der Waals surface area contributed by atoms with Crippen LogP contribution in [0.15, 0.2) is 243 Å². The number of hydrogen-bond donors (Lipinski definition) is 0. The molecule has 4 aromatic heterocycles. The van der Waals surface area contributed by atoms with Gasteiger partial charge in [0.15, 0.2) is 0 Å². The molecule has 0 saturated carbocycles. The average molecular weight is 1180 g/mol. The van der Waals surface area contributed by atoms with Gasteiger partial charge in [-0.25, -0.2) is 0 Å². The Bertz CT molecular complexity index is 5070. The number of rotatable bonds is 9. The molecule has 7 heteroatoms. The fraction of sp³-hybridized carbons (Fsp3) is 0.0571. The standard InChI is InChI=1S/C70H49N5O.Pt/c1-70(2,3)51-36-33-47(34-37-51)50-35-40-68(71-45-50)75-64-30-15-12-27-58(64)59-39-38-55(44-67(59)75)76-54-24-18-23-52(41-54)72-46-73(66-32-17-16-31-65(66)72)69-60(48-19-6-4-7-20-48)42-53(43-61(69)49-21-8-5-9-22-49)74-62-28-13-10-25-56(62)57-26-11-14-29-63(57)74;/h4-40,42-43,45H,1-3H3;/q-2;/i4D,5D,6D,7D,8D,9D,19D,20D,21D,22D;. The molecule has 6 nitrogen and oxygen atoms in total. The number of ether oxygens (including phenoxy) is 1. The van der Waals surface area contributed by atoms with Crippen LogP contribution in [0.4, 0.5) is 0 Å². The first-order valence-electron chi connectivity index (χ1n) is 30.1. The average Bonchev–Trinajstić information content (AvgIpc) is 2.07. The van der Waals surface area contributed by atoms with Gasteiger partial charge < -0.3 is 0 Å². The van der Waals surface area contributed by atoms with Crippen molar-refractivity contribution in [3.8, 4) is 67.8 Å². The fourth-order valence-corrected chi connectivity index (χ4v) is 11.7. The van der Waals surface area contributed by atoms with Crippen LogP contribution in [0, 0.1) is 15.9 Å². The number of para-hydroxylation sites is 5. The molecule has 14 rings (SSSR count). The van der Waals surface area contributed by atoms with Crippen molar-refractivity contribution < 1.29 is 37.8 Å². The van der Waals surface area contributed by atoms with Crippen LogP contribution >= 0.6 is 0 Å². The summed E-state index contributed by atoms with van der Waals surface area (Å²) in [5, 5.41) is 3.82. The maximum atomic E-state index is 9.57. The Balaban J connectivity index is 0.962. The number of nitrogens with zero attached hydrogens (tertiary/aromatic N) is 5. The van der Waals surface area contributed by atoms with Crippen LogP contribution < -0.4 is 4.74 Å². The first-order chi connectivity index (χ1) is 41.9. The monoisotopic (exact) mass is 1180 g/mol. The molecule has 0 spiro atoms. The van der Waals surface area contributed by atoms with Gasteiger partial charge in [0, 0.05) is 11.8 Å². The summed E-state index contributed by atoms with van der Waals surface area (Å²) in [4.78, 5) is 5.01. The fourth-order valence-electron chi connectivity index (χ4n) is 10.7. The zero-order valence-electron chi connectivity index (χ0n) is 51.8. The summed E-state index contributed by atoms with van der Waals surface area (Å²) < 4.78 is 107. The number of pyridine rings is 1. The Kier molecular flexibility index (Phi) is 8.90. The number of benzene rings is 10. The Hall–Kier alpha value is -9.09. The van der Waals surface area contributed by atoms with Crippen molar-refractivity contribution >= 4 is 54.6 Å². The molecule has 4 heterocycles. The molecule has 14 aromatic rings. The molecule has 0 N–H and O–H groups in total. The summed E-state index contributed by atoms with van der Waals surface area (Å²) in [6, 6.07) is 58.7. The van der Waals surface area contributed by atoms with E-state index in [2.05, 4.69) is 99.3 Å². The number of imidazole rings is 1. The van der Waals surface area contributed by atoms with Gasteiger partial charge in [0.25, 0.3) is 0 Å². The molecule has 0 atom stereocenters. The maximum absolute atomic E-state index is 9.57. The van der Waals surface area contributed by atoms with Gasteiger partial charge in [0.05, 0.1) is 0 Å². The normalized spacial score (nSPS) is 13.7. The molecule has 0 aliphatic rings. The van der Waals surface area contributed by atoms with E-state index in [9.17, 15) is 5.48 Å². The zero-order valence-corrected chi connectivity index (χ0v) is 44.1. The molecule has 0 aliphatic heterocycles. The molecule has 0 unspecified atom stereocenters. The SMILES string of the molecule is [2H]c1c([2H])c([2H])c(-c2cc(-n3c4ccccc4c4ccccc43)cc(-c3c([2H])c([2H])c([2H])c([2H])c3[2H])c2-n2[c](=[Pt])n(-c3[c-]c(Oc4[c-]c5c(cc4)c4ccccc4n5-c4ccc(-c5ccc(C(C)(C)C)cc5)cn4)ccc3)c3ccccc32)c([2H])c1[2H]. The Morgan fingerprint density at radius 2 is 1.00 bits per heavy atom. The summed E-state index contributed by atoms with van der Waals surface area (Å²) in [7, 11) is 0. The van der Waals surface area contributed by atoms with Gasteiger partial charge in [-0.05, 0) is 22.6 Å². The predicted molar refractivity (Wildman–Crippen MR) is 312 cm³/mol. The van der Waals surface area contributed by atoms with Crippen LogP contribution in [-0.4, -0.2) is 23.3 Å². The molecule has 0 fully saturated rings. The second-order valence-corrected chi connectivity index (χ2v) is 20.8. The van der Waals surface area contributed by atoms with Gasteiger partial charge in [0.1, 0.15) is 0 Å². The van der Waals surface area contributed by atoms with Crippen LogP contribution in [0.3, 0.4) is 0 Å². The van der Waals surface area contributed by atoms with Gasteiger partial charge in [-0.2, -0.15) is 0 Å². The van der Waals surface area contributed by atoms with Crippen molar-refractivity contribution in [2.75, 3.05) is 0 Å². The minimum absolute atomic E-state index is 0.0360. The third-order valence-corrected chi connectivity index (χ3v) is 15.2. The van der Waals surface area contributed by atoms with Crippen LogP contribution in [-0.2, 0) is 24.8 Å². The second kappa shape index (κ2) is 18.6. The van der Waals surface area contributed by atoms with E-state index in [0.717, 1.165) is 54.7 Å². The first-order valence-corrected chi connectivity index (χ1v) is 26.3. The van der Waals surface area contributed by atoms with Crippen molar-refractivity contribution in [1.29, 1.82) is 0 Å². The van der Waals surface area contributed by atoms with Crippen molar-refractivity contribution in [3.05, 3.63) is 264 Å². The quantitative estimate of drug-likeness (QED) is 0.135. The molecular weight excluding hydrogens is 1120 g/mol. The van der Waals surface area contributed by atoms with Crippen LogP contribution in [0.2, 0.25) is 0 Å². The van der Waals surface area contributed by atoms with Crippen molar-refractivity contribution in [3.63, 3.8) is 0 Å². The molecule has 77 heavy (non-hydrogen) atoms. The first kappa shape index (κ1) is 36.8. The van der Waals surface area contributed by atoms with Gasteiger partial charge >= 0.3 is 382 Å². The van der Waals surface area contributed by atoms with Crippen molar-refractivity contribution in [2.45, 2.75) is 26.2 Å². The molecule has 0 saturated heterocycles. The second-order valence-electron chi connectivity index (χ2n) is 19.8. The topological polar surface area (TPSA) is 41.8 Å². The summed E-state index contributed by atoms with van der Waals surface area (Å²) in [5.41, 5.74) is 9.01. The van der Waals surface area contributed by atoms with E-state index in [1.807, 2.05) is 135 Å². The van der Waals surface area contributed by atoms with Crippen LogP contribution in [0.25, 0.3) is 111 Å². The number of fused-ring (bicyclic) bond motifs is 7. The van der Waals surface area contributed by atoms with E-state index in [0.29, 0.717) is 43.5 Å². The summed E-state index contributed by atoms with van der Waals surface area (Å²) in [6.07, 6.45) is 1.90. The van der Waals surface area contributed by atoms with Crippen LogP contribution in [0.1, 0.15) is 40.0 Å². The summed E-state index contributed by atoms with van der Waals surface area (Å²) in [5.74, 6) is 1.50. The van der Waals surface area contributed by atoms with Gasteiger partial charge in [0.2, 0.25) is 0 Å². The Morgan fingerprint density at radius 1 is 0.468 bits per heavy atom. The van der Waals surface area contributed by atoms with Gasteiger partial charge in [-0.1, -0.05) is 57.2 Å². The molecule has 0 amide bonds. The van der Waals surface area contributed by atoms with Crippen LogP contribution in [0.5, 0.6) is 11.5 Å². The summed E-state index contributed by atoms with van der Waals surface area (Å²) >= 11 is 2.18. The minimum atomic E-state index is -0.586. The van der Waals surface area contributed by atoms with E-state index in [1.54, 1.807) is 18.2 Å². The number of hydrogen-bond acceptors (Lipinski definition) is 2. The number of aromatic nitrogens is 5. The zero-order chi connectivity index (χ0) is 60.5. The third kappa shape index (κ3) is 7.98. The molecule has 0 bridgehead atoms. The van der Waals surface area contributed by atoms with E-state index < -0.39 is 60.4 Å². The van der Waals surface area contributed by atoms with E-state index in [-0.39, 0.29) is 33.4 Å². The van der Waals surface area contributed by atoms with Gasteiger partial charge in [-0.15, -0.1) is 0 Å². The molecule has 372 valence electrons. The molecule has 0 aliphatic carbocycles. The Labute approximate surface area is 471 Å². The van der Waals surface area contributed by atoms with Crippen molar-refractivity contribution in [2.24, 2.45) is 0 Å². The van der Waals surface area contributed by atoms with Gasteiger partial charge in [-0.3, -0.25) is 0 Å². The van der Waals surface area contributed by atoms with Crippen molar-refractivity contribution in [1.82, 2.24) is 23.3 Å². The Morgan fingerprint density at radius 3 is 1.58 bits per heavy atom. The molecular formula is C70H49N5OPt-2. The van der Waals surface area contributed by atoms with E-state index in [4.69, 9.17) is 17.9 Å². The molecule has 0 radical (unpaired) electrons.